The van der Waals surface area contributed by atoms with E-state index in [0.717, 1.165) is 29.2 Å². The molecule has 0 amide bonds. The van der Waals surface area contributed by atoms with Gasteiger partial charge in [0.15, 0.2) is 11.4 Å². The number of methoxy groups -OCH3 is 1. The van der Waals surface area contributed by atoms with Crippen molar-refractivity contribution in [3.8, 4) is 11.5 Å². The van der Waals surface area contributed by atoms with Crippen LogP contribution in [0.2, 0.25) is 0 Å². The van der Waals surface area contributed by atoms with Gasteiger partial charge in [0, 0.05) is 6.54 Å². The van der Waals surface area contributed by atoms with Crippen LogP contribution in [-0.4, -0.2) is 45.0 Å². The second-order valence-electron chi connectivity index (χ2n) is 6.34. The summed E-state index contributed by atoms with van der Waals surface area (Å²) in [7, 11) is 5.47. The number of carbonyl (C=O) groups is 1. The highest BCUT2D eigenvalue weighted by Crippen LogP contribution is 2.30. The number of allylic oxidation sites excluding steroid dienone is 1. The average molecular weight is 399 g/mol. The zero-order valence-electron chi connectivity index (χ0n) is 15.9. The van der Waals surface area contributed by atoms with E-state index in [2.05, 4.69) is 0 Å². The number of hydrogen-bond donors (Lipinski definition) is 0. The molecule has 2 aromatic carbocycles. The van der Waals surface area contributed by atoms with Crippen molar-refractivity contribution in [2.75, 3.05) is 34.4 Å². The fraction of sp³-hybridized carbons (Fsp3) is 0.238. The van der Waals surface area contributed by atoms with E-state index in [4.69, 9.17) is 13.9 Å². The highest BCUT2D eigenvalue weighted by molar-refractivity contribution is 7.16. The quantitative estimate of drug-likeness (QED) is 0.425. The summed E-state index contributed by atoms with van der Waals surface area (Å²) in [5, 5.41) is 0. The molecule has 1 aromatic heterocycles. The summed E-state index contributed by atoms with van der Waals surface area (Å²) in [5.74, 6) is 0.926. The van der Waals surface area contributed by atoms with E-state index >= 15 is 0 Å². The molecule has 0 N–H and O–H groups in total. The first-order chi connectivity index (χ1) is 13.5. The number of rotatable bonds is 8. The van der Waals surface area contributed by atoms with Crippen LogP contribution in [-0.2, 0) is 0 Å². The maximum atomic E-state index is 12.8. The third kappa shape index (κ3) is 4.68. The van der Waals surface area contributed by atoms with Gasteiger partial charge in [0.25, 0.3) is 0 Å². The van der Waals surface area contributed by atoms with Crippen LogP contribution in [0.25, 0.3) is 16.4 Å². The van der Waals surface area contributed by atoms with E-state index in [9.17, 15) is 9.59 Å². The van der Waals surface area contributed by atoms with E-state index in [1.165, 1.54) is 13.2 Å². The number of fused-ring (bicyclic) bond motifs is 1. The topological polar surface area (TPSA) is 69.0 Å². The average Bonchev–Trinajstić information content (AvgIpc) is 3.06. The number of ketones is 1. The van der Waals surface area contributed by atoms with Gasteiger partial charge in [0.1, 0.15) is 18.1 Å². The van der Waals surface area contributed by atoms with Crippen LogP contribution in [0.15, 0.2) is 51.7 Å². The Morgan fingerprint density at radius 1 is 1.18 bits per heavy atom. The first-order valence-electron chi connectivity index (χ1n) is 8.68. The molecule has 3 rings (SSSR count). The van der Waals surface area contributed by atoms with Crippen LogP contribution in [0.3, 0.4) is 0 Å². The molecule has 1 heterocycles. The lowest BCUT2D eigenvalue weighted by atomic mass is 10.1. The van der Waals surface area contributed by atoms with Gasteiger partial charge >= 0.3 is 4.94 Å². The highest BCUT2D eigenvalue weighted by atomic mass is 32.1. The molecule has 7 heteroatoms. The Morgan fingerprint density at radius 3 is 2.61 bits per heavy atom. The number of nitrogens with zero attached hydrogens (tertiary/aromatic N) is 1. The standard InChI is InChI=1S/C21H21NO5S/c1-22(2)12-13-26-15-7-4-14(5-8-15)6-9-16(23)19-17(25-3)10-11-18-20(19)28-21(24)27-18/h4-11H,12-13H2,1-3H3/b9-6+. The van der Waals surface area contributed by atoms with Crippen molar-refractivity contribution in [2.24, 2.45) is 0 Å². The summed E-state index contributed by atoms with van der Waals surface area (Å²) in [4.78, 5) is 25.9. The van der Waals surface area contributed by atoms with Gasteiger partial charge in [0.05, 0.1) is 17.4 Å². The molecule has 0 bridgehead atoms. The Balaban J connectivity index is 1.77. The highest BCUT2D eigenvalue weighted by Gasteiger charge is 2.18. The van der Waals surface area contributed by atoms with Crippen molar-refractivity contribution in [1.82, 2.24) is 4.90 Å². The Bertz CT molecular complexity index is 1050. The Morgan fingerprint density at radius 2 is 1.93 bits per heavy atom. The van der Waals surface area contributed by atoms with Crippen molar-refractivity contribution >= 4 is 33.5 Å². The minimum absolute atomic E-state index is 0.259. The largest absolute Gasteiger partial charge is 0.496 e. The second kappa shape index (κ2) is 8.86. The summed E-state index contributed by atoms with van der Waals surface area (Å²) in [6, 6.07) is 10.7. The number of ether oxygens (including phenoxy) is 2. The lowest BCUT2D eigenvalue weighted by Gasteiger charge is -2.10. The molecule has 0 saturated carbocycles. The van der Waals surface area contributed by atoms with Crippen LogP contribution >= 0.6 is 11.3 Å². The molecule has 6 nitrogen and oxygen atoms in total. The molecule has 0 aliphatic carbocycles. The molecule has 0 atom stereocenters. The molecule has 28 heavy (non-hydrogen) atoms. The van der Waals surface area contributed by atoms with Crippen LogP contribution in [0.1, 0.15) is 15.9 Å². The molecule has 0 radical (unpaired) electrons. The molecule has 0 aliphatic rings. The summed E-state index contributed by atoms with van der Waals surface area (Å²) >= 11 is 0.893. The fourth-order valence-corrected chi connectivity index (χ4v) is 3.41. The number of likely N-dealkylation sites (N-methyl/N-ethyl adjacent to an activating group) is 1. The zero-order chi connectivity index (χ0) is 20.1. The van der Waals surface area contributed by atoms with Crippen molar-refractivity contribution in [2.45, 2.75) is 0 Å². The van der Waals surface area contributed by atoms with E-state index in [1.54, 1.807) is 18.2 Å². The third-order valence-corrected chi connectivity index (χ3v) is 4.90. The lowest BCUT2D eigenvalue weighted by molar-refractivity contribution is 0.104. The second-order valence-corrected chi connectivity index (χ2v) is 7.29. The molecule has 0 aliphatic heterocycles. The maximum absolute atomic E-state index is 12.8. The van der Waals surface area contributed by atoms with E-state index in [1.807, 2.05) is 43.3 Å². The van der Waals surface area contributed by atoms with E-state index in [-0.39, 0.29) is 5.78 Å². The van der Waals surface area contributed by atoms with Crippen molar-refractivity contribution < 1.29 is 18.7 Å². The smallest absolute Gasteiger partial charge is 0.396 e. The van der Waals surface area contributed by atoms with Gasteiger partial charge in [-0.25, -0.2) is 4.79 Å². The van der Waals surface area contributed by atoms with Gasteiger partial charge in [-0.15, -0.1) is 0 Å². The van der Waals surface area contributed by atoms with Gasteiger partial charge in [-0.3, -0.25) is 4.79 Å². The Labute approximate surface area is 166 Å². The molecular weight excluding hydrogens is 378 g/mol. The minimum Gasteiger partial charge on any atom is -0.496 e. The molecule has 3 aromatic rings. The molecule has 0 spiro atoms. The van der Waals surface area contributed by atoms with Crippen LogP contribution in [0.5, 0.6) is 11.5 Å². The SMILES string of the molecule is COc1ccc2oc(=O)sc2c1C(=O)/C=C/c1ccc(OCCN(C)C)cc1. The predicted molar refractivity (Wildman–Crippen MR) is 111 cm³/mol. The summed E-state index contributed by atoms with van der Waals surface area (Å²) in [5.41, 5.74) is 1.57. The maximum Gasteiger partial charge on any atom is 0.396 e. The van der Waals surface area contributed by atoms with Crippen LogP contribution in [0.4, 0.5) is 0 Å². The molecule has 0 fully saturated rings. The van der Waals surface area contributed by atoms with E-state index in [0.29, 0.717) is 28.2 Å². The number of carbonyl (C=O) groups excluding carboxylic acids is 1. The minimum atomic E-state index is -0.453. The van der Waals surface area contributed by atoms with Gasteiger partial charge in [0.2, 0.25) is 0 Å². The predicted octanol–water partition coefficient (Wildman–Crippen LogP) is 3.70. The molecule has 0 unspecified atom stereocenters. The molecule has 0 saturated heterocycles. The number of benzene rings is 2. The van der Waals surface area contributed by atoms with Gasteiger partial charge < -0.3 is 18.8 Å². The third-order valence-electron chi connectivity index (χ3n) is 4.04. The molecular formula is C21H21NO5S. The zero-order valence-corrected chi connectivity index (χ0v) is 16.7. The summed E-state index contributed by atoms with van der Waals surface area (Å²) < 4.78 is 16.5. The van der Waals surface area contributed by atoms with Crippen molar-refractivity contribution in [3.63, 3.8) is 0 Å². The van der Waals surface area contributed by atoms with Crippen molar-refractivity contribution in [3.05, 3.63) is 63.3 Å². The van der Waals surface area contributed by atoms with Crippen LogP contribution in [0, 0.1) is 0 Å². The first-order valence-corrected chi connectivity index (χ1v) is 9.50. The van der Waals surface area contributed by atoms with Gasteiger partial charge in [-0.1, -0.05) is 29.5 Å². The summed E-state index contributed by atoms with van der Waals surface area (Å²) in [6.07, 6.45) is 3.18. The number of hydrogen-bond acceptors (Lipinski definition) is 7. The van der Waals surface area contributed by atoms with Crippen LogP contribution < -0.4 is 14.4 Å². The lowest BCUT2D eigenvalue weighted by Crippen LogP contribution is -2.19. The van der Waals surface area contributed by atoms with Crippen molar-refractivity contribution in [1.29, 1.82) is 0 Å². The molecule has 146 valence electrons. The van der Waals surface area contributed by atoms with E-state index < -0.39 is 4.94 Å². The first kappa shape index (κ1) is 19.9. The van der Waals surface area contributed by atoms with Gasteiger partial charge in [-0.2, -0.15) is 0 Å². The normalized spacial score (nSPS) is 11.4. The van der Waals surface area contributed by atoms with Gasteiger partial charge in [-0.05, 0) is 50.0 Å². The fourth-order valence-electron chi connectivity index (χ4n) is 2.60. The Kier molecular flexibility index (Phi) is 6.28. The Hall–Kier alpha value is -2.90. The summed E-state index contributed by atoms with van der Waals surface area (Å²) in [6.45, 7) is 1.45. The monoisotopic (exact) mass is 399 g/mol.